The van der Waals surface area contributed by atoms with Gasteiger partial charge in [0.15, 0.2) is 0 Å². The minimum Gasteiger partial charge on any atom is -0.311 e. The van der Waals surface area contributed by atoms with Crippen LogP contribution in [0.2, 0.25) is 0 Å². The Morgan fingerprint density at radius 3 is 1.10 bits per heavy atom. The molecule has 0 atom stereocenters. The summed E-state index contributed by atoms with van der Waals surface area (Å²) in [7, 11) is 0. The van der Waals surface area contributed by atoms with Crippen molar-refractivity contribution in [2.75, 3.05) is 9.80 Å². The lowest BCUT2D eigenvalue weighted by Crippen LogP contribution is -2.61. The average molecular weight is 1230 g/mol. The van der Waals surface area contributed by atoms with E-state index in [9.17, 15) is 5.26 Å². The van der Waals surface area contributed by atoms with E-state index in [1.165, 1.54) is 37.9 Å². The molecule has 0 saturated heterocycles. The summed E-state index contributed by atoms with van der Waals surface area (Å²) in [6.07, 6.45) is 0. The normalized spacial score (nSPS) is 12.3. The van der Waals surface area contributed by atoms with Gasteiger partial charge in [-0.05, 0) is 170 Å². The molecule has 0 spiro atoms. The summed E-state index contributed by atoms with van der Waals surface area (Å²) in [5, 5.41) is 15.7. The predicted octanol–water partition coefficient (Wildman–Crippen LogP) is 21.8. The SMILES string of the molecule is N#Cc1ccc(-n2c3ccccc3c3ccccc32)c(-c2ccc3c(c2)N(c2ccccc2-c2ccccc2)c2cc(-c4cc(-c5ccccc5)cc(-c5ccccc5)c4)cc4c2B3c2ccc(-n3c5ccccc5c5ccccc53)cc2N4c2ccccc2-c2ccccc2)c1. The highest BCUT2D eigenvalue weighted by molar-refractivity contribution is 7.00. The van der Waals surface area contributed by atoms with Gasteiger partial charge in [0.2, 0.25) is 0 Å². The third-order valence-electron chi connectivity index (χ3n) is 20.1. The molecule has 0 amide bonds. The number of rotatable bonds is 10. The molecular formula is C91H58BN5. The monoisotopic (exact) mass is 1230 g/mol. The van der Waals surface area contributed by atoms with Crippen molar-refractivity contribution in [2.24, 2.45) is 0 Å². The fraction of sp³-hybridized carbons (Fsp3) is 0. The van der Waals surface area contributed by atoms with Crippen LogP contribution in [-0.4, -0.2) is 15.8 Å². The summed E-state index contributed by atoms with van der Waals surface area (Å²) in [6, 6.07) is 131. The van der Waals surface area contributed by atoms with Gasteiger partial charge in [-0.2, -0.15) is 5.26 Å². The second-order valence-corrected chi connectivity index (χ2v) is 25.4. The number of aromatic nitrogens is 2. The first kappa shape index (κ1) is 55.7. The fourth-order valence-corrected chi connectivity index (χ4v) is 15.8. The Labute approximate surface area is 563 Å². The van der Waals surface area contributed by atoms with Gasteiger partial charge in [-0.3, -0.25) is 0 Å². The van der Waals surface area contributed by atoms with E-state index >= 15 is 0 Å². The Bertz CT molecular complexity index is 5880. The second-order valence-electron chi connectivity index (χ2n) is 25.4. The van der Waals surface area contributed by atoms with Crippen molar-refractivity contribution in [3.63, 3.8) is 0 Å². The summed E-state index contributed by atoms with van der Waals surface area (Å²) in [4.78, 5) is 5.17. The Balaban J connectivity index is 0.954. The van der Waals surface area contributed by atoms with Crippen LogP contribution in [-0.2, 0) is 0 Å². The van der Waals surface area contributed by atoms with Gasteiger partial charge in [0.25, 0.3) is 6.71 Å². The quantitative estimate of drug-likeness (QED) is 0.128. The zero-order valence-corrected chi connectivity index (χ0v) is 52.8. The van der Waals surface area contributed by atoms with Crippen LogP contribution in [0.3, 0.4) is 0 Å². The van der Waals surface area contributed by atoms with E-state index in [1.807, 2.05) is 6.07 Å². The average Bonchev–Trinajstić information content (AvgIpc) is 1.29. The zero-order chi connectivity index (χ0) is 64.1. The first-order valence-corrected chi connectivity index (χ1v) is 33.2. The summed E-state index contributed by atoms with van der Waals surface area (Å²) in [5.41, 5.74) is 30.3. The van der Waals surface area contributed by atoms with Crippen molar-refractivity contribution >= 4 is 101 Å². The predicted molar refractivity (Wildman–Crippen MR) is 406 cm³/mol. The van der Waals surface area contributed by atoms with Gasteiger partial charge in [-0.1, -0.05) is 249 Å². The Kier molecular flexibility index (Phi) is 13.0. The largest absolute Gasteiger partial charge is 0.311 e. The maximum Gasteiger partial charge on any atom is 0.252 e. The van der Waals surface area contributed by atoms with Crippen LogP contribution in [0.25, 0.3) is 122 Å². The molecule has 2 aliphatic rings. The third kappa shape index (κ3) is 9.01. The van der Waals surface area contributed by atoms with Crippen LogP contribution in [0.15, 0.2) is 352 Å². The fourth-order valence-electron chi connectivity index (χ4n) is 15.8. The lowest BCUT2D eigenvalue weighted by molar-refractivity contribution is 1.17. The maximum absolute atomic E-state index is 10.9. The zero-order valence-electron chi connectivity index (χ0n) is 52.8. The van der Waals surface area contributed by atoms with E-state index in [-0.39, 0.29) is 6.71 Å². The van der Waals surface area contributed by atoms with Gasteiger partial charge in [0, 0.05) is 66.7 Å². The van der Waals surface area contributed by atoms with Gasteiger partial charge in [-0.15, -0.1) is 0 Å². The van der Waals surface area contributed by atoms with Crippen LogP contribution in [0.1, 0.15) is 5.56 Å². The van der Waals surface area contributed by atoms with E-state index < -0.39 is 0 Å². The van der Waals surface area contributed by atoms with Crippen LogP contribution in [0.5, 0.6) is 0 Å². The van der Waals surface area contributed by atoms with Crippen molar-refractivity contribution in [2.45, 2.75) is 0 Å². The van der Waals surface area contributed by atoms with E-state index in [0.29, 0.717) is 5.56 Å². The second kappa shape index (κ2) is 22.7. The molecule has 0 unspecified atom stereocenters. The molecule has 0 bridgehead atoms. The number of fused-ring (bicyclic) bond motifs is 10. The molecule has 4 heterocycles. The Morgan fingerprint density at radius 2 is 0.619 bits per heavy atom. The number of anilines is 6. The molecule has 17 aromatic rings. The summed E-state index contributed by atoms with van der Waals surface area (Å²) in [5.74, 6) is 0. The minimum absolute atomic E-state index is 0.261. The van der Waals surface area contributed by atoms with Crippen molar-refractivity contribution in [3.05, 3.63) is 357 Å². The summed E-state index contributed by atoms with van der Waals surface area (Å²) < 4.78 is 4.84. The molecule has 450 valence electrons. The number of nitriles is 1. The Hall–Kier alpha value is -12.9. The summed E-state index contributed by atoms with van der Waals surface area (Å²) >= 11 is 0. The number of hydrogen-bond donors (Lipinski definition) is 0. The molecule has 6 heteroatoms. The molecule has 0 N–H and O–H groups in total. The minimum atomic E-state index is -0.261. The first-order chi connectivity index (χ1) is 48.1. The van der Waals surface area contributed by atoms with Crippen molar-refractivity contribution < 1.29 is 0 Å². The highest BCUT2D eigenvalue weighted by Crippen LogP contribution is 2.52. The van der Waals surface area contributed by atoms with Gasteiger partial charge in [0.05, 0.1) is 50.8 Å². The molecule has 0 saturated carbocycles. The molecule has 5 nitrogen and oxygen atoms in total. The highest BCUT2D eigenvalue weighted by atomic mass is 15.2. The molecule has 0 fully saturated rings. The number of benzene rings is 15. The molecule has 2 aromatic heterocycles. The van der Waals surface area contributed by atoms with Gasteiger partial charge in [0.1, 0.15) is 0 Å². The Morgan fingerprint density at radius 1 is 0.237 bits per heavy atom. The molecule has 19 rings (SSSR count). The topological polar surface area (TPSA) is 40.1 Å². The summed E-state index contributed by atoms with van der Waals surface area (Å²) in [6.45, 7) is -0.261. The molecule has 2 aliphatic heterocycles. The number of para-hydroxylation sites is 6. The molecule has 97 heavy (non-hydrogen) atoms. The van der Waals surface area contributed by atoms with Crippen molar-refractivity contribution in [1.29, 1.82) is 5.26 Å². The van der Waals surface area contributed by atoms with E-state index in [4.69, 9.17) is 0 Å². The number of hydrogen-bond acceptors (Lipinski definition) is 3. The lowest BCUT2D eigenvalue weighted by atomic mass is 9.33. The van der Waals surface area contributed by atoms with Crippen molar-refractivity contribution in [3.8, 4) is 84.2 Å². The highest BCUT2D eigenvalue weighted by Gasteiger charge is 2.45. The third-order valence-corrected chi connectivity index (χ3v) is 20.1. The smallest absolute Gasteiger partial charge is 0.252 e. The van der Waals surface area contributed by atoms with Crippen LogP contribution in [0.4, 0.5) is 34.1 Å². The van der Waals surface area contributed by atoms with Gasteiger partial charge >= 0.3 is 0 Å². The molecular weight excluding hydrogens is 1170 g/mol. The van der Waals surface area contributed by atoms with Crippen molar-refractivity contribution in [1.82, 2.24) is 9.13 Å². The van der Waals surface area contributed by atoms with E-state index in [2.05, 4.69) is 371 Å². The standard InChI is InChI=1S/C91H58BN5/c93-59-60-45-50-86(95-84-43-23-17-37-75(84)76-38-18-24-44-85(76)95)77(51-60)65-46-48-78-87(55-65)96(80-39-19-13-33-71(80)63-29-9-3-10-30-63)89-56-69(68-53-66(61-25-5-1-6-26-61)52-67(54-68)62-27-7-2-8-28-62)57-90-91(89)92(78)79-49-47-70(94-82-41-21-15-35-73(82)74-36-16-22-42-83(74)94)58-88(79)97(90)81-40-20-14-34-72(81)64-31-11-4-12-32-64/h1-58H. The van der Waals surface area contributed by atoms with Crippen LogP contribution in [0, 0.1) is 11.3 Å². The van der Waals surface area contributed by atoms with Gasteiger partial charge < -0.3 is 18.9 Å². The lowest BCUT2D eigenvalue weighted by Gasteiger charge is -2.45. The molecule has 15 aromatic carbocycles. The van der Waals surface area contributed by atoms with E-state index in [1.54, 1.807) is 0 Å². The van der Waals surface area contributed by atoms with Crippen LogP contribution < -0.4 is 26.2 Å². The molecule has 0 aliphatic carbocycles. The maximum atomic E-state index is 10.9. The van der Waals surface area contributed by atoms with E-state index in [0.717, 1.165) is 134 Å². The van der Waals surface area contributed by atoms with Crippen LogP contribution >= 0.6 is 0 Å². The first-order valence-electron chi connectivity index (χ1n) is 33.2. The molecule has 0 radical (unpaired) electrons. The number of nitrogens with zero attached hydrogens (tertiary/aromatic N) is 5. The van der Waals surface area contributed by atoms with Gasteiger partial charge in [-0.25, -0.2) is 0 Å².